The van der Waals surface area contributed by atoms with Crippen LogP contribution in [0, 0.1) is 5.41 Å². The highest BCUT2D eigenvalue weighted by Crippen LogP contribution is 2.34. The number of furan rings is 1. The molecule has 2 rings (SSSR count). The van der Waals surface area contributed by atoms with Crippen molar-refractivity contribution in [3.63, 3.8) is 0 Å². The molecule has 0 atom stereocenters. The van der Waals surface area contributed by atoms with E-state index in [4.69, 9.17) is 10.2 Å². The van der Waals surface area contributed by atoms with Crippen molar-refractivity contribution in [3.8, 4) is 0 Å². The van der Waals surface area contributed by atoms with Gasteiger partial charge in [-0.1, -0.05) is 20.3 Å². The van der Waals surface area contributed by atoms with Gasteiger partial charge < -0.3 is 10.2 Å². The van der Waals surface area contributed by atoms with Gasteiger partial charge in [0.2, 0.25) is 0 Å². The van der Waals surface area contributed by atoms with Gasteiger partial charge in [-0.2, -0.15) is 0 Å². The number of piperidine rings is 1. The normalized spacial score (nSPS) is 20.6. The molecule has 3 nitrogen and oxygen atoms in total. The fourth-order valence-corrected chi connectivity index (χ4v) is 2.53. The zero-order valence-electron chi connectivity index (χ0n) is 11.0. The average Bonchev–Trinajstić information content (AvgIpc) is 2.80. The molecule has 2 heterocycles. The fourth-order valence-electron chi connectivity index (χ4n) is 2.53. The van der Waals surface area contributed by atoms with Gasteiger partial charge in [-0.3, -0.25) is 4.90 Å². The van der Waals surface area contributed by atoms with Gasteiger partial charge >= 0.3 is 0 Å². The first-order chi connectivity index (χ1) is 8.17. The van der Waals surface area contributed by atoms with Gasteiger partial charge in [-0.25, -0.2) is 0 Å². The molecule has 0 aromatic carbocycles. The summed E-state index contributed by atoms with van der Waals surface area (Å²) >= 11 is 0. The standard InChI is InChI=1S/C14H24N2O/c1-3-14(2)5-7-16(8-6-14)11-12-4-9-17-13(12)10-15/h4,9H,3,5-8,10-11,15H2,1-2H3. The summed E-state index contributed by atoms with van der Waals surface area (Å²) in [5.41, 5.74) is 7.47. The van der Waals surface area contributed by atoms with E-state index in [-0.39, 0.29) is 0 Å². The summed E-state index contributed by atoms with van der Waals surface area (Å²) in [5.74, 6) is 0.939. The Morgan fingerprint density at radius 1 is 1.41 bits per heavy atom. The SMILES string of the molecule is CCC1(C)CCN(Cc2ccoc2CN)CC1. The predicted molar refractivity (Wildman–Crippen MR) is 69.5 cm³/mol. The molecule has 0 saturated carbocycles. The Morgan fingerprint density at radius 3 is 2.71 bits per heavy atom. The van der Waals surface area contributed by atoms with E-state index >= 15 is 0 Å². The van der Waals surface area contributed by atoms with Crippen LogP contribution in [-0.4, -0.2) is 18.0 Å². The summed E-state index contributed by atoms with van der Waals surface area (Å²) in [5, 5.41) is 0. The molecule has 1 aliphatic rings. The lowest BCUT2D eigenvalue weighted by Gasteiger charge is -2.38. The quantitative estimate of drug-likeness (QED) is 0.874. The largest absolute Gasteiger partial charge is 0.468 e. The highest BCUT2D eigenvalue weighted by atomic mass is 16.3. The summed E-state index contributed by atoms with van der Waals surface area (Å²) < 4.78 is 5.37. The summed E-state index contributed by atoms with van der Waals surface area (Å²) in [4.78, 5) is 2.52. The van der Waals surface area contributed by atoms with E-state index in [2.05, 4.69) is 24.8 Å². The van der Waals surface area contributed by atoms with Crippen molar-refractivity contribution in [2.24, 2.45) is 11.1 Å². The first-order valence-corrected chi connectivity index (χ1v) is 6.64. The molecule has 0 spiro atoms. The smallest absolute Gasteiger partial charge is 0.121 e. The van der Waals surface area contributed by atoms with Crippen molar-refractivity contribution in [2.75, 3.05) is 13.1 Å². The maximum absolute atomic E-state index is 5.65. The van der Waals surface area contributed by atoms with Crippen LogP contribution >= 0.6 is 0 Å². The van der Waals surface area contributed by atoms with Crippen molar-refractivity contribution in [3.05, 3.63) is 23.7 Å². The average molecular weight is 236 g/mol. The summed E-state index contributed by atoms with van der Waals surface area (Å²) in [6.07, 6.45) is 5.65. The minimum Gasteiger partial charge on any atom is -0.468 e. The third-order valence-corrected chi connectivity index (χ3v) is 4.33. The van der Waals surface area contributed by atoms with E-state index in [1.807, 2.05) is 0 Å². The molecule has 1 aromatic heterocycles. The van der Waals surface area contributed by atoms with Gasteiger partial charge in [-0.15, -0.1) is 0 Å². The molecule has 0 radical (unpaired) electrons. The number of hydrogen-bond acceptors (Lipinski definition) is 3. The second kappa shape index (κ2) is 5.23. The van der Waals surface area contributed by atoms with Crippen LogP contribution in [0.2, 0.25) is 0 Å². The molecule has 3 heteroatoms. The lowest BCUT2D eigenvalue weighted by atomic mass is 9.78. The summed E-state index contributed by atoms with van der Waals surface area (Å²) in [6.45, 7) is 8.59. The Morgan fingerprint density at radius 2 is 2.12 bits per heavy atom. The summed E-state index contributed by atoms with van der Waals surface area (Å²) in [7, 11) is 0. The minimum atomic E-state index is 0.503. The van der Waals surface area contributed by atoms with Gasteiger partial charge in [-0.05, 0) is 37.4 Å². The van der Waals surface area contributed by atoms with Crippen LogP contribution in [0.5, 0.6) is 0 Å². The number of rotatable bonds is 4. The zero-order valence-corrected chi connectivity index (χ0v) is 11.0. The van der Waals surface area contributed by atoms with Crippen LogP contribution in [0.4, 0.5) is 0 Å². The monoisotopic (exact) mass is 236 g/mol. The second-order valence-corrected chi connectivity index (χ2v) is 5.51. The number of hydrogen-bond donors (Lipinski definition) is 1. The minimum absolute atomic E-state index is 0.503. The van der Waals surface area contributed by atoms with Gasteiger partial charge in [0.15, 0.2) is 0 Å². The molecule has 1 aliphatic heterocycles. The molecule has 2 N–H and O–H groups in total. The van der Waals surface area contributed by atoms with Crippen molar-refractivity contribution in [1.82, 2.24) is 4.90 Å². The first-order valence-electron chi connectivity index (χ1n) is 6.64. The number of nitrogens with zero attached hydrogens (tertiary/aromatic N) is 1. The van der Waals surface area contributed by atoms with E-state index < -0.39 is 0 Å². The van der Waals surface area contributed by atoms with E-state index in [0.717, 1.165) is 12.3 Å². The third kappa shape index (κ3) is 2.90. The lowest BCUT2D eigenvalue weighted by Crippen LogP contribution is -2.38. The second-order valence-electron chi connectivity index (χ2n) is 5.51. The van der Waals surface area contributed by atoms with E-state index in [0.29, 0.717) is 12.0 Å². The maximum atomic E-state index is 5.65. The highest BCUT2D eigenvalue weighted by Gasteiger charge is 2.28. The van der Waals surface area contributed by atoms with E-state index in [9.17, 15) is 0 Å². The fraction of sp³-hybridized carbons (Fsp3) is 0.714. The van der Waals surface area contributed by atoms with E-state index in [1.165, 1.54) is 37.9 Å². The van der Waals surface area contributed by atoms with Crippen molar-refractivity contribution in [1.29, 1.82) is 0 Å². The van der Waals surface area contributed by atoms with Gasteiger partial charge in [0.05, 0.1) is 12.8 Å². The number of nitrogens with two attached hydrogens (primary N) is 1. The molecule has 1 saturated heterocycles. The topological polar surface area (TPSA) is 42.4 Å². The zero-order chi connectivity index (χ0) is 12.3. The van der Waals surface area contributed by atoms with Gasteiger partial charge in [0, 0.05) is 12.1 Å². The molecule has 0 amide bonds. The van der Waals surface area contributed by atoms with Gasteiger partial charge in [0.1, 0.15) is 5.76 Å². The Balaban J connectivity index is 1.90. The molecule has 1 fully saturated rings. The molecular weight excluding hydrogens is 212 g/mol. The molecule has 0 aliphatic carbocycles. The molecule has 0 bridgehead atoms. The molecule has 1 aromatic rings. The molecule has 17 heavy (non-hydrogen) atoms. The van der Waals surface area contributed by atoms with Crippen LogP contribution in [0.25, 0.3) is 0 Å². The van der Waals surface area contributed by atoms with Gasteiger partial charge in [0.25, 0.3) is 0 Å². The lowest BCUT2D eigenvalue weighted by molar-refractivity contribution is 0.109. The van der Waals surface area contributed by atoms with Crippen molar-refractivity contribution in [2.45, 2.75) is 46.2 Å². The van der Waals surface area contributed by atoms with Crippen LogP contribution in [0.1, 0.15) is 44.4 Å². The Kier molecular flexibility index (Phi) is 3.89. The number of likely N-dealkylation sites (tertiary alicyclic amines) is 1. The molecule has 0 unspecified atom stereocenters. The summed E-state index contributed by atoms with van der Waals surface area (Å²) in [6, 6.07) is 2.05. The Labute approximate surface area is 104 Å². The Bertz CT molecular complexity index is 351. The first kappa shape index (κ1) is 12.7. The van der Waals surface area contributed by atoms with E-state index in [1.54, 1.807) is 6.26 Å². The molecule has 96 valence electrons. The maximum Gasteiger partial charge on any atom is 0.121 e. The predicted octanol–water partition coefficient (Wildman–Crippen LogP) is 2.75. The van der Waals surface area contributed by atoms with Crippen LogP contribution in [0.3, 0.4) is 0 Å². The van der Waals surface area contributed by atoms with Crippen molar-refractivity contribution < 1.29 is 4.42 Å². The van der Waals surface area contributed by atoms with Crippen molar-refractivity contribution >= 4 is 0 Å². The highest BCUT2D eigenvalue weighted by molar-refractivity contribution is 5.16. The molecular formula is C14H24N2O. The third-order valence-electron chi connectivity index (χ3n) is 4.33. The van der Waals surface area contributed by atoms with Crippen LogP contribution in [-0.2, 0) is 13.1 Å². The van der Waals surface area contributed by atoms with Crippen LogP contribution < -0.4 is 5.73 Å². The Hall–Kier alpha value is -0.800. The van der Waals surface area contributed by atoms with Crippen LogP contribution in [0.15, 0.2) is 16.7 Å².